The molecule has 0 aliphatic heterocycles. The van der Waals surface area contributed by atoms with E-state index >= 15 is 0 Å². The first-order chi connectivity index (χ1) is 12.7. The molecular weight excluding hydrogens is 331 g/mol. The number of nitrogens with one attached hydrogen (secondary N) is 2. The minimum absolute atomic E-state index is 0.224. The minimum Gasteiger partial charge on any atom is -0.381 e. The standard InChI is InChI=1S/C20H15FN4O/c21-16-7-5-14(6-8-16)13-24-17-9-10-23-19(11-17)20(26)25-18-4-2-1-3-15(18)12-22/h1-11H,13H2,(H,23,24)(H,25,26). The van der Waals surface area contributed by atoms with Gasteiger partial charge in [-0.3, -0.25) is 9.78 Å². The number of hydrogen-bond acceptors (Lipinski definition) is 4. The first-order valence-corrected chi connectivity index (χ1v) is 7.90. The van der Waals surface area contributed by atoms with Gasteiger partial charge in [-0.05, 0) is 42.0 Å². The maximum atomic E-state index is 12.9. The van der Waals surface area contributed by atoms with Crippen molar-refractivity contribution in [2.24, 2.45) is 0 Å². The van der Waals surface area contributed by atoms with E-state index in [-0.39, 0.29) is 11.5 Å². The number of aromatic nitrogens is 1. The van der Waals surface area contributed by atoms with Crippen LogP contribution in [-0.2, 0) is 6.54 Å². The van der Waals surface area contributed by atoms with Crippen LogP contribution in [0.3, 0.4) is 0 Å². The summed E-state index contributed by atoms with van der Waals surface area (Å²) < 4.78 is 12.9. The molecule has 0 saturated carbocycles. The van der Waals surface area contributed by atoms with Gasteiger partial charge in [0, 0.05) is 18.4 Å². The minimum atomic E-state index is -0.405. The first-order valence-electron chi connectivity index (χ1n) is 7.90. The average Bonchev–Trinajstić information content (AvgIpc) is 2.68. The van der Waals surface area contributed by atoms with Crippen molar-refractivity contribution < 1.29 is 9.18 Å². The number of carbonyl (C=O) groups excluding carboxylic acids is 1. The molecule has 2 N–H and O–H groups in total. The predicted molar refractivity (Wildman–Crippen MR) is 97.1 cm³/mol. The molecule has 0 spiro atoms. The molecule has 0 aliphatic carbocycles. The second-order valence-corrected chi connectivity index (χ2v) is 5.52. The summed E-state index contributed by atoms with van der Waals surface area (Å²) in [4.78, 5) is 16.5. The number of hydrogen-bond donors (Lipinski definition) is 2. The highest BCUT2D eigenvalue weighted by Gasteiger charge is 2.10. The summed E-state index contributed by atoms with van der Waals surface area (Å²) in [7, 11) is 0. The second-order valence-electron chi connectivity index (χ2n) is 5.52. The number of halogens is 1. The van der Waals surface area contributed by atoms with Crippen LogP contribution in [0, 0.1) is 17.1 Å². The van der Waals surface area contributed by atoms with Gasteiger partial charge in [0.05, 0.1) is 11.3 Å². The Kier molecular flexibility index (Phi) is 5.20. The van der Waals surface area contributed by atoms with Gasteiger partial charge in [0.15, 0.2) is 0 Å². The molecule has 2 aromatic carbocycles. The van der Waals surface area contributed by atoms with E-state index in [2.05, 4.69) is 15.6 Å². The van der Waals surface area contributed by atoms with Crippen molar-refractivity contribution in [3.05, 3.63) is 89.5 Å². The number of amides is 1. The van der Waals surface area contributed by atoms with Crippen LogP contribution in [0.2, 0.25) is 0 Å². The number of rotatable bonds is 5. The molecular formula is C20H15FN4O. The normalized spacial score (nSPS) is 10.0. The molecule has 0 atom stereocenters. The molecule has 26 heavy (non-hydrogen) atoms. The Morgan fingerprint density at radius 3 is 2.65 bits per heavy atom. The Labute approximate surface area is 150 Å². The van der Waals surface area contributed by atoms with E-state index in [4.69, 9.17) is 5.26 Å². The SMILES string of the molecule is N#Cc1ccccc1NC(=O)c1cc(NCc2ccc(F)cc2)ccn1. The summed E-state index contributed by atoms with van der Waals surface area (Å²) in [5, 5.41) is 14.9. The van der Waals surface area contributed by atoms with E-state index in [1.807, 2.05) is 6.07 Å². The van der Waals surface area contributed by atoms with Crippen LogP contribution in [0.5, 0.6) is 0 Å². The van der Waals surface area contributed by atoms with Crippen molar-refractivity contribution >= 4 is 17.3 Å². The Balaban J connectivity index is 1.69. The van der Waals surface area contributed by atoms with Gasteiger partial charge >= 0.3 is 0 Å². The number of pyridine rings is 1. The highest BCUT2D eigenvalue weighted by molar-refractivity contribution is 6.04. The lowest BCUT2D eigenvalue weighted by atomic mass is 10.2. The number of carbonyl (C=O) groups is 1. The molecule has 5 nitrogen and oxygen atoms in total. The Hall–Kier alpha value is -3.72. The van der Waals surface area contributed by atoms with E-state index in [1.165, 1.54) is 18.3 Å². The van der Waals surface area contributed by atoms with Crippen LogP contribution in [0.4, 0.5) is 15.8 Å². The van der Waals surface area contributed by atoms with Gasteiger partial charge in [0.2, 0.25) is 0 Å². The third kappa shape index (κ3) is 4.22. The van der Waals surface area contributed by atoms with E-state index < -0.39 is 5.91 Å². The van der Waals surface area contributed by atoms with Crippen molar-refractivity contribution in [1.82, 2.24) is 4.98 Å². The Morgan fingerprint density at radius 2 is 1.88 bits per heavy atom. The third-order valence-electron chi connectivity index (χ3n) is 3.70. The Morgan fingerprint density at radius 1 is 1.12 bits per heavy atom. The average molecular weight is 346 g/mol. The maximum Gasteiger partial charge on any atom is 0.274 e. The van der Waals surface area contributed by atoms with Gasteiger partial charge < -0.3 is 10.6 Å². The summed E-state index contributed by atoms with van der Waals surface area (Å²) in [5.41, 5.74) is 2.67. The third-order valence-corrected chi connectivity index (χ3v) is 3.70. The first kappa shape index (κ1) is 17.1. The van der Waals surface area contributed by atoms with Gasteiger partial charge in [-0.2, -0.15) is 5.26 Å². The molecule has 0 saturated heterocycles. The molecule has 0 aliphatic rings. The molecule has 0 bridgehead atoms. The van der Waals surface area contributed by atoms with Crippen molar-refractivity contribution in [3.8, 4) is 6.07 Å². The molecule has 3 rings (SSSR count). The zero-order valence-electron chi connectivity index (χ0n) is 13.7. The van der Waals surface area contributed by atoms with Gasteiger partial charge in [0.1, 0.15) is 17.6 Å². The summed E-state index contributed by atoms with van der Waals surface area (Å²) in [6.45, 7) is 0.489. The zero-order valence-corrected chi connectivity index (χ0v) is 13.7. The van der Waals surface area contributed by atoms with Crippen molar-refractivity contribution in [1.29, 1.82) is 5.26 Å². The van der Waals surface area contributed by atoms with Gasteiger partial charge in [-0.15, -0.1) is 0 Å². The van der Waals surface area contributed by atoms with E-state index in [9.17, 15) is 9.18 Å². The molecule has 6 heteroatoms. The molecule has 0 unspecified atom stereocenters. The number of anilines is 2. The van der Waals surface area contributed by atoms with Gasteiger partial charge in [-0.1, -0.05) is 24.3 Å². The van der Waals surface area contributed by atoms with E-state index in [1.54, 1.807) is 48.5 Å². The molecule has 1 heterocycles. The number of nitrogens with zero attached hydrogens (tertiary/aromatic N) is 2. The fourth-order valence-electron chi connectivity index (χ4n) is 2.35. The zero-order chi connectivity index (χ0) is 18.4. The number of para-hydroxylation sites is 1. The molecule has 1 amide bonds. The van der Waals surface area contributed by atoms with Crippen LogP contribution >= 0.6 is 0 Å². The highest BCUT2D eigenvalue weighted by Crippen LogP contribution is 2.16. The van der Waals surface area contributed by atoms with Crippen LogP contribution in [0.1, 0.15) is 21.6 Å². The number of benzene rings is 2. The van der Waals surface area contributed by atoms with Crippen molar-refractivity contribution in [2.75, 3.05) is 10.6 Å². The highest BCUT2D eigenvalue weighted by atomic mass is 19.1. The van der Waals surface area contributed by atoms with Crippen LogP contribution < -0.4 is 10.6 Å². The number of nitriles is 1. The lowest BCUT2D eigenvalue weighted by molar-refractivity contribution is 0.102. The summed E-state index contributed by atoms with van der Waals surface area (Å²) in [6.07, 6.45) is 1.53. The topological polar surface area (TPSA) is 77.8 Å². The quantitative estimate of drug-likeness (QED) is 0.733. The van der Waals surface area contributed by atoms with Crippen LogP contribution in [0.25, 0.3) is 0 Å². The van der Waals surface area contributed by atoms with Crippen LogP contribution in [-0.4, -0.2) is 10.9 Å². The van der Waals surface area contributed by atoms with Gasteiger partial charge in [0.25, 0.3) is 5.91 Å². The fourth-order valence-corrected chi connectivity index (χ4v) is 2.35. The maximum absolute atomic E-state index is 12.9. The van der Waals surface area contributed by atoms with Gasteiger partial charge in [-0.25, -0.2) is 4.39 Å². The summed E-state index contributed by atoms with van der Waals surface area (Å²) in [5.74, 6) is -0.688. The molecule has 128 valence electrons. The van der Waals surface area contributed by atoms with Crippen molar-refractivity contribution in [3.63, 3.8) is 0 Å². The fraction of sp³-hybridized carbons (Fsp3) is 0.0500. The lowest BCUT2D eigenvalue weighted by Gasteiger charge is -2.09. The predicted octanol–water partition coefficient (Wildman–Crippen LogP) is 3.96. The smallest absolute Gasteiger partial charge is 0.274 e. The van der Waals surface area contributed by atoms with Crippen LogP contribution in [0.15, 0.2) is 66.9 Å². The second kappa shape index (κ2) is 7.90. The molecule has 3 aromatic rings. The van der Waals surface area contributed by atoms with Crippen molar-refractivity contribution in [2.45, 2.75) is 6.54 Å². The molecule has 0 radical (unpaired) electrons. The largest absolute Gasteiger partial charge is 0.381 e. The molecule has 0 fully saturated rings. The monoisotopic (exact) mass is 346 g/mol. The lowest BCUT2D eigenvalue weighted by Crippen LogP contribution is -2.15. The summed E-state index contributed by atoms with van der Waals surface area (Å²) >= 11 is 0. The molecule has 1 aromatic heterocycles. The van der Waals surface area contributed by atoms with E-state index in [0.29, 0.717) is 23.5 Å². The van der Waals surface area contributed by atoms with E-state index in [0.717, 1.165) is 5.56 Å². The summed E-state index contributed by atoms with van der Waals surface area (Å²) in [6, 6.07) is 18.3. The Bertz CT molecular complexity index is 964.